The Kier molecular flexibility index (Phi) is 4.68. The lowest BCUT2D eigenvalue weighted by Gasteiger charge is -2.08. The molecule has 1 amide bonds. The van der Waals surface area contributed by atoms with Crippen LogP contribution in [-0.4, -0.2) is 30.5 Å². The number of hydrogen-bond donors (Lipinski definition) is 1. The number of fused-ring (bicyclic) bond motifs is 1. The molecule has 0 saturated heterocycles. The average Bonchev–Trinajstić information content (AvgIpc) is 3.42. The van der Waals surface area contributed by atoms with Crippen LogP contribution in [0.1, 0.15) is 35.0 Å². The van der Waals surface area contributed by atoms with Gasteiger partial charge in [0.15, 0.2) is 11.4 Å². The van der Waals surface area contributed by atoms with Crippen molar-refractivity contribution in [3.63, 3.8) is 0 Å². The van der Waals surface area contributed by atoms with E-state index in [1.165, 1.54) is 0 Å². The molecule has 4 aromatic heterocycles. The predicted octanol–water partition coefficient (Wildman–Crippen LogP) is 3.07. The van der Waals surface area contributed by atoms with E-state index in [2.05, 4.69) is 27.4 Å². The quantitative estimate of drug-likeness (QED) is 0.557. The molecule has 0 aromatic carbocycles. The predicted molar refractivity (Wildman–Crippen MR) is 105 cm³/mol. The van der Waals surface area contributed by atoms with Gasteiger partial charge in [-0.3, -0.25) is 14.2 Å². The summed E-state index contributed by atoms with van der Waals surface area (Å²) in [6.45, 7) is 5.24. The zero-order valence-corrected chi connectivity index (χ0v) is 16.1. The van der Waals surface area contributed by atoms with Crippen LogP contribution >= 0.6 is 0 Å². The molecule has 0 fully saturated rings. The Bertz CT molecular complexity index is 1120. The summed E-state index contributed by atoms with van der Waals surface area (Å²) in [6.07, 6.45) is 6.33. The lowest BCUT2D eigenvalue weighted by Crippen LogP contribution is -2.23. The Morgan fingerprint density at radius 1 is 1.36 bits per heavy atom. The van der Waals surface area contributed by atoms with Crippen LogP contribution in [0.25, 0.3) is 22.5 Å². The number of rotatable bonds is 6. The number of nitrogens with one attached hydrogen (secondary N) is 1. The summed E-state index contributed by atoms with van der Waals surface area (Å²) in [5.41, 5.74) is 3.50. The standard InChI is InChI=1S/C20H22N6O2/c1-4-7-26-12-14(11-22-26)10-21-20(27)15-9-16(17-6-5-8-28-17)23-19-18(15)13(2)24-25(19)3/h5-6,8-9,11-12H,4,7,10H2,1-3H3,(H,21,27). The maximum absolute atomic E-state index is 13.0. The topological polar surface area (TPSA) is 90.8 Å². The molecule has 144 valence electrons. The first-order chi connectivity index (χ1) is 13.6. The molecule has 0 aliphatic heterocycles. The molecule has 0 saturated carbocycles. The Balaban J connectivity index is 1.66. The smallest absolute Gasteiger partial charge is 0.252 e. The van der Waals surface area contributed by atoms with Crippen LogP contribution in [0, 0.1) is 6.92 Å². The van der Waals surface area contributed by atoms with Crippen LogP contribution in [0.3, 0.4) is 0 Å². The first kappa shape index (κ1) is 18.0. The van der Waals surface area contributed by atoms with Crippen molar-refractivity contribution in [2.24, 2.45) is 7.05 Å². The van der Waals surface area contributed by atoms with E-state index >= 15 is 0 Å². The van der Waals surface area contributed by atoms with Crippen molar-refractivity contribution in [2.45, 2.75) is 33.4 Å². The summed E-state index contributed by atoms with van der Waals surface area (Å²) in [7, 11) is 1.82. The fourth-order valence-corrected chi connectivity index (χ4v) is 3.30. The largest absolute Gasteiger partial charge is 0.463 e. The van der Waals surface area contributed by atoms with Gasteiger partial charge in [0.25, 0.3) is 5.91 Å². The van der Waals surface area contributed by atoms with E-state index in [4.69, 9.17) is 4.42 Å². The molecule has 8 heteroatoms. The van der Waals surface area contributed by atoms with Crippen LogP contribution in [0.15, 0.2) is 41.3 Å². The molecule has 0 bridgehead atoms. The number of aromatic nitrogens is 5. The van der Waals surface area contributed by atoms with Crippen LogP contribution < -0.4 is 5.32 Å². The summed E-state index contributed by atoms with van der Waals surface area (Å²) in [5, 5.41) is 12.5. The number of aryl methyl sites for hydroxylation is 3. The van der Waals surface area contributed by atoms with E-state index in [1.54, 1.807) is 29.3 Å². The van der Waals surface area contributed by atoms with Crippen molar-refractivity contribution in [1.29, 1.82) is 0 Å². The monoisotopic (exact) mass is 378 g/mol. The second-order valence-corrected chi connectivity index (χ2v) is 6.73. The summed E-state index contributed by atoms with van der Waals surface area (Å²) in [4.78, 5) is 17.7. The van der Waals surface area contributed by atoms with E-state index < -0.39 is 0 Å². The van der Waals surface area contributed by atoms with Gasteiger partial charge in [0.1, 0.15) is 5.69 Å². The molecule has 8 nitrogen and oxygen atoms in total. The SMILES string of the molecule is CCCn1cc(CNC(=O)c2cc(-c3ccco3)nc3c2c(C)nn3C)cn1. The fourth-order valence-electron chi connectivity index (χ4n) is 3.30. The lowest BCUT2D eigenvalue weighted by atomic mass is 10.1. The highest BCUT2D eigenvalue weighted by atomic mass is 16.3. The van der Waals surface area contributed by atoms with Crippen molar-refractivity contribution in [1.82, 2.24) is 29.9 Å². The third kappa shape index (κ3) is 3.28. The van der Waals surface area contributed by atoms with E-state index in [0.29, 0.717) is 29.2 Å². The highest BCUT2D eigenvalue weighted by molar-refractivity contribution is 6.07. The highest BCUT2D eigenvalue weighted by Gasteiger charge is 2.20. The van der Waals surface area contributed by atoms with Crippen molar-refractivity contribution in [2.75, 3.05) is 0 Å². The van der Waals surface area contributed by atoms with E-state index in [1.807, 2.05) is 30.9 Å². The van der Waals surface area contributed by atoms with Gasteiger partial charge in [0.05, 0.1) is 29.1 Å². The van der Waals surface area contributed by atoms with Gasteiger partial charge in [0, 0.05) is 31.9 Å². The van der Waals surface area contributed by atoms with Crippen LogP contribution in [0.5, 0.6) is 0 Å². The fraction of sp³-hybridized carbons (Fsp3) is 0.300. The molecule has 28 heavy (non-hydrogen) atoms. The van der Waals surface area contributed by atoms with Gasteiger partial charge >= 0.3 is 0 Å². The maximum atomic E-state index is 13.0. The second-order valence-electron chi connectivity index (χ2n) is 6.73. The van der Waals surface area contributed by atoms with Gasteiger partial charge in [-0.2, -0.15) is 10.2 Å². The minimum Gasteiger partial charge on any atom is -0.463 e. The molecule has 0 spiro atoms. The molecule has 0 unspecified atom stereocenters. The normalized spacial score (nSPS) is 11.2. The van der Waals surface area contributed by atoms with Crippen molar-refractivity contribution in [3.05, 3.63) is 53.7 Å². The molecule has 0 aliphatic carbocycles. The van der Waals surface area contributed by atoms with Gasteiger partial charge in [-0.15, -0.1) is 0 Å². The lowest BCUT2D eigenvalue weighted by molar-refractivity contribution is 0.0952. The van der Waals surface area contributed by atoms with Crippen molar-refractivity contribution >= 4 is 16.9 Å². The zero-order valence-electron chi connectivity index (χ0n) is 16.1. The summed E-state index contributed by atoms with van der Waals surface area (Å²) in [6, 6.07) is 5.37. The number of pyridine rings is 1. The molecule has 0 atom stereocenters. The molecular formula is C20H22N6O2. The molecule has 4 aromatic rings. The van der Waals surface area contributed by atoms with E-state index in [9.17, 15) is 4.79 Å². The third-order valence-corrected chi connectivity index (χ3v) is 4.58. The Morgan fingerprint density at radius 2 is 2.21 bits per heavy atom. The van der Waals surface area contributed by atoms with E-state index in [0.717, 1.165) is 29.6 Å². The number of hydrogen-bond acceptors (Lipinski definition) is 5. The average molecular weight is 378 g/mol. The molecule has 1 N–H and O–H groups in total. The van der Waals surface area contributed by atoms with Crippen molar-refractivity contribution in [3.8, 4) is 11.5 Å². The molecule has 4 heterocycles. The molecule has 0 radical (unpaired) electrons. The van der Waals surface area contributed by atoms with Gasteiger partial charge < -0.3 is 9.73 Å². The van der Waals surface area contributed by atoms with Gasteiger partial charge in [-0.25, -0.2) is 4.98 Å². The van der Waals surface area contributed by atoms with Gasteiger partial charge in [0.2, 0.25) is 0 Å². The number of amides is 1. The Labute approximate surface area is 162 Å². The summed E-state index contributed by atoms with van der Waals surface area (Å²) >= 11 is 0. The number of nitrogens with zero attached hydrogens (tertiary/aromatic N) is 5. The third-order valence-electron chi connectivity index (χ3n) is 4.58. The molecular weight excluding hydrogens is 356 g/mol. The second kappa shape index (κ2) is 7.30. The van der Waals surface area contributed by atoms with Gasteiger partial charge in [-0.1, -0.05) is 6.92 Å². The minimum absolute atomic E-state index is 0.181. The van der Waals surface area contributed by atoms with E-state index in [-0.39, 0.29) is 5.91 Å². The number of carbonyl (C=O) groups excluding carboxylic acids is 1. The molecule has 4 rings (SSSR count). The number of furan rings is 1. The number of carbonyl (C=O) groups is 1. The maximum Gasteiger partial charge on any atom is 0.252 e. The Morgan fingerprint density at radius 3 is 2.96 bits per heavy atom. The Hall–Kier alpha value is -3.42. The minimum atomic E-state index is -0.181. The summed E-state index contributed by atoms with van der Waals surface area (Å²) < 4.78 is 9.03. The molecule has 0 aliphatic rings. The first-order valence-electron chi connectivity index (χ1n) is 9.24. The van der Waals surface area contributed by atoms with Crippen LogP contribution in [0.4, 0.5) is 0 Å². The van der Waals surface area contributed by atoms with Crippen LogP contribution in [-0.2, 0) is 20.1 Å². The van der Waals surface area contributed by atoms with Crippen molar-refractivity contribution < 1.29 is 9.21 Å². The van der Waals surface area contributed by atoms with Crippen LogP contribution in [0.2, 0.25) is 0 Å². The van der Waals surface area contributed by atoms with Gasteiger partial charge in [-0.05, 0) is 31.5 Å². The first-order valence-corrected chi connectivity index (χ1v) is 9.24. The summed E-state index contributed by atoms with van der Waals surface area (Å²) in [5.74, 6) is 0.426. The highest BCUT2D eigenvalue weighted by Crippen LogP contribution is 2.27. The zero-order chi connectivity index (χ0) is 19.7.